The number of carbonyl (C=O) groups is 1. The van der Waals surface area contributed by atoms with Crippen molar-refractivity contribution in [2.75, 3.05) is 28.4 Å². The molecule has 134 valence electrons. The second-order valence-electron chi connectivity index (χ2n) is 5.80. The maximum Gasteiger partial charge on any atom is 0.227 e. The summed E-state index contributed by atoms with van der Waals surface area (Å²) in [6, 6.07) is 13.6. The first-order valence-electron chi connectivity index (χ1n) is 8.11. The Bertz CT molecular complexity index is 690. The van der Waals surface area contributed by atoms with Crippen LogP contribution >= 0.6 is 0 Å². The highest BCUT2D eigenvalue weighted by molar-refractivity contribution is 5.79. The molecule has 25 heavy (non-hydrogen) atoms. The van der Waals surface area contributed by atoms with Crippen LogP contribution in [0.3, 0.4) is 0 Å². The first-order chi connectivity index (χ1) is 12.0. The minimum atomic E-state index is -0.00394. The SMILES string of the molecule is COc1cc(CC(=O)N(C)C(C)c2ccccc2)cc(OC)c1OC. The van der Waals surface area contributed by atoms with E-state index in [-0.39, 0.29) is 18.4 Å². The summed E-state index contributed by atoms with van der Waals surface area (Å²) in [6.45, 7) is 2.02. The second kappa shape index (κ2) is 8.42. The van der Waals surface area contributed by atoms with Crippen molar-refractivity contribution in [1.29, 1.82) is 0 Å². The molecule has 5 heteroatoms. The van der Waals surface area contributed by atoms with Crippen molar-refractivity contribution in [3.05, 3.63) is 53.6 Å². The van der Waals surface area contributed by atoms with Crippen LogP contribution in [0.1, 0.15) is 24.1 Å². The van der Waals surface area contributed by atoms with Gasteiger partial charge in [0.25, 0.3) is 0 Å². The van der Waals surface area contributed by atoms with Crippen LogP contribution in [0.25, 0.3) is 0 Å². The van der Waals surface area contributed by atoms with Crippen molar-refractivity contribution in [3.63, 3.8) is 0 Å². The molecule has 0 aliphatic carbocycles. The van der Waals surface area contributed by atoms with Gasteiger partial charge in [-0.1, -0.05) is 30.3 Å². The zero-order valence-corrected chi connectivity index (χ0v) is 15.4. The van der Waals surface area contributed by atoms with Crippen molar-refractivity contribution in [2.24, 2.45) is 0 Å². The number of ether oxygens (including phenoxy) is 3. The summed E-state index contributed by atoms with van der Waals surface area (Å²) in [5, 5.41) is 0. The van der Waals surface area contributed by atoms with Crippen molar-refractivity contribution in [1.82, 2.24) is 4.90 Å². The third-order valence-corrected chi connectivity index (χ3v) is 4.34. The molecule has 2 aromatic rings. The molecule has 1 amide bonds. The maximum absolute atomic E-state index is 12.7. The quantitative estimate of drug-likeness (QED) is 0.772. The Morgan fingerprint density at radius 1 is 1.00 bits per heavy atom. The number of rotatable bonds is 7. The summed E-state index contributed by atoms with van der Waals surface area (Å²) in [6.07, 6.45) is 0.254. The average molecular weight is 343 g/mol. The highest BCUT2D eigenvalue weighted by Gasteiger charge is 2.20. The fourth-order valence-electron chi connectivity index (χ4n) is 2.71. The predicted molar refractivity (Wildman–Crippen MR) is 97.4 cm³/mol. The van der Waals surface area contributed by atoms with Gasteiger partial charge in [-0.25, -0.2) is 0 Å². The van der Waals surface area contributed by atoms with E-state index >= 15 is 0 Å². The van der Waals surface area contributed by atoms with Crippen LogP contribution in [0.4, 0.5) is 0 Å². The average Bonchev–Trinajstić information content (AvgIpc) is 2.66. The number of nitrogens with zero attached hydrogens (tertiary/aromatic N) is 1. The summed E-state index contributed by atoms with van der Waals surface area (Å²) in [4.78, 5) is 14.4. The highest BCUT2D eigenvalue weighted by atomic mass is 16.5. The van der Waals surface area contributed by atoms with E-state index in [0.717, 1.165) is 11.1 Å². The standard InChI is InChI=1S/C20H25NO4/c1-14(16-9-7-6-8-10-16)21(2)19(22)13-15-11-17(23-3)20(25-5)18(12-15)24-4/h6-12,14H,13H2,1-5H3. The highest BCUT2D eigenvalue weighted by Crippen LogP contribution is 2.38. The van der Waals surface area contributed by atoms with Gasteiger partial charge in [0.05, 0.1) is 33.8 Å². The molecule has 0 saturated carbocycles. The minimum absolute atomic E-state index is 0.00394. The van der Waals surface area contributed by atoms with Crippen LogP contribution in [0.15, 0.2) is 42.5 Å². The van der Waals surface area contributed by atoms with Crippen molar-refractivity contribution in [2.45, 2.75) is 19.4 Å². The molecule has 2 aromatic carbocycles. The summed E-state index contributed by atoms with van der Waals surface area (Å²) in [5.74, 6) is 1.63. The smallest absolute Gasteiger partial charge is 0.227 e. The molecule has 0 radical (unpaired) electrons. The molecule has 0 fully saturated rings. The maximum atomic E-state index is 12.7. The fourth-order valence-corrected chi connectivity index (χ4v) is 2.71. The van der Waals surface area contributed by atoms with Crippen LogP contribution in [0, 0.1) is 0 Å². The second-order valence-corrected chi connectivity index (χ2v) is 5.80. The van der Waals surface area contributed by atoms with E-state index in [1.807, 2.05) is 44.3 Å². The van der Waals surface area contributed by atoms with Crippen LogP contribution in [-0.2, 0) is 11.2 Å². The zero-order valence-electron chi connectivity index (χ0n) is 15.4. The molecular formula is C20H25NO4. The zero-order chi connectivity index (χ0) is 18.4. The van der Waals surface area contributed by atoms with Crippen molar-refractivity contribution in [3.8, 4) is 17.2 Å². The van der Waals surface area contributed by atoms with Crippen molar-refractivity contribution >= 4 is 5.91 Å². The van der Waals surface area contributed by atoms with Crippen LogP contribution < -0.4 is 14.2 Å². The van der Waals surface area contributed by atoms with Gasteiger partial charge in [0.2, 0.25) is 11.7 Å². The van der Waals surface area contributed by atoms with Gasteiger partial charge >= 0.3 is 0 Å². The largest absolute Gasteiger partial charge is 0.493 e. The summed E-state index contributed by atoms with van der Waals surface area (Å²) in [5.41, 5.74) is 1.91. The molecule has 0 bridgehead atoms. The summed E-state index contributed by atoms with van der Waals surface area (Å²) < 4.78 is 16.0. The fraction of sp³-hybridized carbons (Fsp3) is 0.350. The van der Waals surface area contributed by atoms with Gasteiger partial charge in [0.1, 0.15) is 0 Å². The number of hydrogen-bond donors (Lipinski definition) is 0. The third-order valence-electron chi connectivity index (χ3n) is 4.34. The Hall–Kier alpha value is -2.69. The van der Waals surface area contributed by atoms with Gasteiger partial charge in [-0.3, -0.25) is 4.79 Å². The van der Waals surface area contributed by atoms with Crippen LogP contribution in [-0.4, -0.2) is 39.2 Å². The molecular weight excluding hydrogens is 318 g/mol. The lowest BCUT2D eigenvalue weighted by Gasteiger charge is -2.25. The molecule has 0 aromatic heterocycles. The Morgan fingerprint density at radius 3 is 2.04 bits per heavy atom. The number of amides is 1. The first-order valence-corrected chi connectivity index (χ1v) is 8.11. The Kier molecular flexibility index (Phi) is 6.28. The van der Waals surface area contributed by atoms with Gasteiger partial charge in [0.15, 0.2) is 11.5 Å². The predicted octanol–water partition coefficient (Wildman–Crippen LogP) is 3.47. The number of carbonyl (C=O) groups excluding carboxylic acids is 1. The Balaban J connectivity index is 2.19. The topological polar surface area (TPSA) is 48.0 Å². The molecule has 0 aliphatic heterocycles. The number of benzene rings is 2. The van der Waals surface area contributed by atoms with Gasteiger partial charge in [-0.15, -0.1) is 0 Å². The van der Waals surface area contributed by atoms with E-state index in [1.54, 1.807) is 38.4 Å². The van der Waals surface area contributed by atoms with Crippen LogP contribution in [0.5, 0.6) is 17.2 Å². The van der Waals surface area contributed by atoms with Gasteiger partial charge in [0, 0.05) is 7.05 Å². The molecule has 0 saturated heterocycles. The van der Waals surface area contributed by atoms with Crippen LogP contribution in [0.2, 0.25) is 0 Å². The first kappa shape index (κ1) is 18.6. The van der Waals surface area contributed by atoms with E-state index in [1.165, 1.54) is 0 Å². The monoisotopic (exact) mass is 343 g/mol. The molecule has 0 heterocycles. The molecule has 0 spiro atoms. The lowest BCUT2D eigenvalue weighted by molar-refractivity contribution is -0.131. The Labute approximate surface area is 149 Å². The normalized spacial score (nSPS) is 11.6. The van der Waals surface area contributed by atoms with Gasteiger partial charge < -0.3 is 19.1 Å². The van der Waals surface area contributed by atoms with E-state index in [4.69, 9.17) is 14.2 Å². The molecule has 0 N–H and O–H groups in total. The molecule has 2 rings (SSSR count). The van der Waals surface area contributed by atoms with E-state index in [0.29, 0.717) is 17.2 Å². The number of likely N-dealkylation sites (N-methyl/N-ethyl adjacent to an activating group) is 1. The lowest BCUT2D eigenvalue weighted by atomic mass is 10.1. The van der Waals surface area contributed by atoms with Crippen molar-refractivity contribution < 1.29 is 19.0 Å². The molecule has 5 nitrogen and oxygen atoms in total. The van der Waals surface area contributed by atoms with Gasteiger partial charge in [-0.2, -0.15) is 0 Å². The number of methoxy groups -OCH3 is 3. The lowest BCUT2D eigenvalue weighted by Crippen LogP contribution is -2.30. The summed E-state index contributed by atoms with van der Waals surface area (Å²) >= 11 is 0. The van der Waals surface area contributed by atoms with Gasteiger partial charge in [-0.05, 0) is 30.2 Å². The third kappa shape index (κ3) is 4.24. The Morgan fingerprint density at radius 2 is 1.56 bits per heavy atom. The molecule has 1 unspecified atom stereocenters. The van der Waals surface area contributed by atoms with E-state index < -0.39 is 0 Å². The van der Waals surface area contributed by atoms with E-state index in [2.05, 4.69) is 0 Å². The van der Waals surface area contributed by atoms with E-state index in [9.17, 15) is 4.79 Å². The minimum Gasteiger partial charge on any atom is -0.493 e. The summed E-state index contributed by atoms with van der Waals surface area (Å²) in [7, 11) is 6.50. The molecule has 0 aliphatic rings. The molecule has 1 atom stereocenters. The number of hydrogen-bond acceptors (Lipinski definition) is 4.